The summed E-state index contributed by atoms with van der Waals surface area (Å²) in [4.78, 5) is 0. The van der Waals surface area contributed by atoms with E-state index >= 15 is 0 Å². The van der Waals surface area contributed by atoms with Crippen LogP contribution < -0.4 is 0 Å². The Bertz CT molecular complexity index is 353. The van der Waals surface area contributed by atoms with Crippen molar-refractivity contribution in [1.82, 2.24) is 4.31 Å². The fourth-order valence-corrected chi connectivity index (χ4v) is 3.95. The highest BCUT2D eigenvalue weighted by Gasteiger charge is 2.11. The number of unbranched alkanes of at least 4 members (excludes halogenated alkanes) is 15. The summed E-state index contributed by atoms with van der Waals surface area (Å²) >= 11 is 0. The molecular weight excluding hydrogens is 318 g/mol. The minimum absolute atomic E-state index is 0.304. The Balaban J connectivity index is 3.16. The van der Waals surface area contributed by atoms with E-state index in [0.29, 0.717) is 5.75 Å². The van der Waals surface area contributed by atoms with Gasteiger partial charge in [0.05, 0.1) is 5.75 Å². The zero-order valence-corrected chi connectivity index (χ0v) is 17.5. The SMILES string of the molecule is CCCCCCCCCCCCCCCCCCS(=O)(=O)N(C)C. The molecule has 0 aliphatic heterocycles. The molecular formula is C20H43NO2S. The zero-order chi connectivity index (χ0) is 18.1. The maximum atomic E-state index is 11.6. The van der Waals surface area contributed by atoms with Crippen molar-refractivity contribution in [3.63, 3.8) is 0 Å². The summed E-state index contributed by atoms with van der Waals surface area (Å²) in [6.45, 7) is 2.27. The first kappa shape index (κ1) is 23.9. The van der Waals surface area contributed by atoms with E-state index in [1.807, 2.05) is 0 Å². The van der Waals surface area contributed by atoms with Crippen LogP contribution in [0.25, 0.3) is 0 Å². The Morgan fingerprint density at radius 1 is 0.542 bits per heavy atom. The molecule has 0 aliphatic rings. The van der Waals surface area contributed by atoms with Gasteiger partial charge in [0, 0.05) is 14.1 Å². The molecule has 0 unspecified atom stereocenters. The highest BCUT2D eigenvalue weighted by Crippen LogP contribution is 2.14. The predicted molar refractivity (Wildman–Crippen MR) is 107 cm³/mol. The molecule has 0 saturated heterocycles. The minimum atomic E-state index is -2.98. The van der Waals surface area contributed by atoms with Gasteiger partial charge in [0.25, 0.3) is 0 Å². The van der Waals surface area contributed by atoms with E-state index < -0.39 is 10.0 Å². The van der Waals surface area contributed by atoms with Gasteiger partial charge in [0.15, 0.2) is 0 Å². The Kier molecular flexibility index (Phi) is 16.3. The fourth-order valence-electron chi connectivity index (χ4n) is 3.02. The summed E-state index contributed by atoms with van der Waals surface area (Å²) < 4.78 is 24.5. The average molecular weight is 362 g/mol. The summed E-state index contributed by atoms with van der Waals surface area (Å²) in [6.07, 6.45) is 21.1. The van der Waals surface area contributed by atoms with Gasteiger partial charge in [-0.15, -0.1) is 0 Å². The first-order valence-corrected chi connectivity index (χ1v) is 12.0. The molecule has 0 bridgehead atoms. The molecule has 3 nitrogen and oxygen atoms in total. The third-order valence-corrected chi connectivity index (χ3v) is 6.73. The second-order valence-electron chi connectivity index (χ2n) is 7.40. The molecule has 0 aromatic rings. The second kappa shape index (κ2) is 16.4. The number of sulfonamides is 1. The van der Waals surface area contributed by atoms with Crippen molar-refractivity contribution < 1.29 is 8.42 Å². The van der Waals surface area contributed by atoms with Gasteiger partial charge in [0.1, 0.15) is 0 Å². The van der Waals surface area contributed by atoms with E-state index in [-0.39, 0.29) is 0 Å². The molecule has 0 aliphatic carbocycles. The Labute approximate surface area is 152 Å². The molecule has 0 amide bonds. The van der Waals surface area contributed by atoms with Crippen LogP contribution >= 0.6 is 0 Å². The summed E-state index contributed by atoms with van der Waals surface area (Å²) in [5.74, 6) is 0.304. The molecule has 0 aromatic heterocycles. The van der Waals surface area contributed by atoms with Crippen molar-refractivity contribution in [2.75, 3.05) is 19.8 Å². The molecule has 0 saturated carbocycles. The average Bonchev–Trinajstić information content (AvgIpc) is 2.54. The fraction of sp³-hybridized carbons (Fsp3) is 1.00. The normalized spacial score (nSPS) is 12.2. The summed E-state index contributed by atoms with van der Waals surface area (Å²) in [6, 6.07) is 0. The molecule has 0 heterocycles. The van der Waals surface area contributed by atoms with E-state index in [1.165, 1.54) is 94.2 Å². The van der Waals surface area contributed by atoms with E-state index in [2.05, 4.69) is 6.92 Å². The second-order valence-corrected chi connectivity index (χ2v) is 9.70. The highest BCUT2D eigenvalue weighted by molar-refractivity contribution is 7.89. The molecule has 24 heavy (non-hydrogen) atoms. The lowest BCUT2D eigenvalue weighted by molar-refractivity contribution is 0.512. The van der Waals surface area contributed by atoms with E-state index in [1.54, 1.807) is 14.1 Å². The van der Waals surface area contributed by atoms with Gasteiger partial charge >= 0.3 is 0 Å². The smallest absolute Gasteiger partial charge is 0.212 e. The standard InChI is InChI=1S/C20H43NO2S/c1-4-5-6-7-8-9-10-11-12-13-14-15-16-17-18-19-20-24(22,23)21(2)3/h4-20H2,1-3H3. The van der Waals surface area contributed by atoms with Crippen molar-refractivity contribution >= 4 is 10.0 Å². The van der Waals surface area contributed by atoms with Gasteiger partial charge in [-0.3, -0.25) is 0 Å². The molecule has 0 aromatic carbocycles. The van der Waals surface area contributed by atoms with Crippen molar-refractivity contribution in [1.29, 1.82) is 0 Å². The van der Waals surface area contributed by atoms with Crippen LogP contribution in [0.4, 0.5) is 0 Å². The van der Waals surface area contributed by atoms with Gasteiger partial charge in [-0.25, -0.2) is 12.7 Å². The lowest BCUT2D eigenvalue weighted by Gasteiger charge is -2.10. The summed E-state index contributed by atoms with van der Waals surface area (Å²) in [7, 11) is 0.242. The van der Waals surface area contributed by atoms with Crippen LogP contribution in [-0.4, -0.2) is 32.6 Å². The van der Waals surface area contributed by atoms with Crippen LogP contribution in [0.5, 0.6) is 0 Å². The molecule has 0 fully saturated rings. The van der Waals surface area contributed by atoms with Crippen LogP contribution in [0.3, 0.4) is 0 Å². The third-order valence-electron chi connectivity index (χ3n) is 4.81. The summed E-state index contributed by atoms with van der Waals surface area (Å²) in [5, 5.41) is 0. The van der Waals surface area contributed by atoms with Gasteiger partial charge in [-0.2, -0.15) is 0 Å². The Morgan fingerprint density at radius 3 is 1.12 bits per heavy atom. The van der Waals surface area contributed by atoms with Gasteiger partial charge in [-0.05, 0) is 6.42 Å². The molecule has 0 rings (SSSR count). The topological polar surface area (TPSA) is 37.4 Å². The largest absolute Gasteiger partial charge is 0.213 e. The quantitative estimate of drug-likeness (QED) is 0.275. The minimum Gasteiger partial charge on any atom is -0.212 e. The molecule has 0 spiro atoms. The molecule has 0 radical (unpaired) electrons. The number of hydrogen-bond acceptors (Lipinski definition) is 2. The summed E-state index contributed by atoms with van der Waals surface area (Å²) in [5.41, 5.74) is 0. The first-order valence-electron chi connectivity index (χ1n) is 10.4. The van der Waals surface area contributed by atoms with Crippen molar-refractivity contribution in [2.45, 2.75) is 110 Å². The van der Waals surface area contributed by atoms with Gasteiger partial charge < -0.3 is 0 Å². The Hall–Kier alpha value is -0.0900. The number of nitrogens with zero attached hydrogens (tertiary/aromatic N) is 1. The molecule has 146 valence electrons. The van der Waals surface area contributed by atoms with Crippen LogP contribution in [-0.2, 0) is 10.0 Å². The van der Waals surface area contributed by atoms with E-state index in [4.69, 9.17) is 0 Å². The lowest BCUT2D eigenvalue weighted by Crippen LogP contribution is -2.24. The maximum absolute atomic E-state index is 11.6. The van der Waals surface area contributed by atoms with Gasteiger partial charge in [-0.1, -0.05) is 103 Å². The maximum Gasteiger partial charge on any atom is 0.213 e. The molecule has 4 heteroatoms. The number of hydrogen-bond donors (Lipinski definition) is 0. The zero-order valence-electron chi connectivity index (χ0n) is 16.7. The van der Waals surface area contributed by atoms with E-state index in [9.17, 15) is 8.42 Å². The third kappa shape index (κ3) is 15.4. The van der Waals surface area contributed by atoms with Gasteiger partial charge in [0.2, 0.25) is 10.0 Å². The van der Waals surface area contributed by atoms with Crippen LogP contribution in [0.15, 0.2) is 0 Å². The lowest BCUT2D eigenvalue weighted by atomic mass is 10.0. The molecule has 0 atom stereocenters. The monoisotopic (exact) mass is 361 g/mol. The van der Waals surface area contributed by atoms with Crippen molar-refractivity contribution in [2.24, 2.45) is 0 Å². The first-order chi connectivity index (χ1) is 11.5. The van der Waals surface area contributed by atoms with E-state index in [0.717, 1.165) is 12.8 Å². The van der Waals surface area contributed by atoms with Crippen molar-refractivity contribution in [3.8, 4) is 0 Å². The van der Waals surface area contributed by atoms with Crippen molar-refractivity contribution in [3.05, 3.63) is 0 Å². The number of rotatable bonds is 18. The molecule has 0 N–H and O–H groups in total. The predicted octanol–water partition coefficient (Wildman–Crippen LogP) is 6.14. The Morgan fingerprint density at radius 2 is 0.833 bits per heavy atom. The van der Waals surface area contributed by atoms with Crippen LogP contribution in [0.2, 0.25) is 0 Å². The highest BCUT2D eigenvalue weighted by atomic mass is 32.2. The van der Waals surface area contributed by atoms with Crippen LogP contribution in [0, 0.1) is 0 Å². The van der Waals surface area contributed by atoms with Crippen LogP contribution in [0.1, 0.15) is 110 Å².